The monoisotopic (exact) mass is 280 g/mol. The second-order valence-electron chi connectivity index (χ2n) is 3.62. The maximum absolute atomic E-state index is 13.5. The van der Waals surface area contributed by atoms with Gasteiger partial charge in [-0.25, -0.2) is 18.7 Å². The number of thioether (sulfide) groups is 1. The van der Waals surface area contributed by atoms with Crippen LogP contribution in [0, 0.1) is 11.6 Å². The summed E-state index contributed by atoms with van der Waals surface area (Å²) in [5.74, 6) is -1.84. The summed E-state index contributed by atoms with van der Waals surface area (Å²) in [4.78, 5) is 8.11. The van der Waals surface area contributed by atoms with E-state index < -0.39 is 11.6 Å². The molecule has 1 aromatic carbocycles. The number of rotatable bonds is 3. The van der Waals surface area contributed by atoms with Gasteiger partial charge in [0.05, 0.1) is 11.3 Å². The lowest BCUT2D eigenvalue weighted by Crippen LogP contribution is -1.92. The molecule has 98 valence electrons. The molecule has 0 saturated carbocycles. The number of hydrogen-bond acceptors (Lipinski definition) is 4. The zero-order chi connectivity index (χ0) is 13.8. The number of halogens is 2. The molecule has 1 heterocycles. The van der Waals surface area contributed by atoms with Crippen LogP contribution in [-0.2, 0) is 0 Å². The highest BCUT2D eigenvalue weighted by Crippen LogP contribution is 2.19. The third-order valence-corrected chi connectivity index (χ3v) is 2.89. The van der Waals surface area contributed by atoms with Gasteiger partial charge in [0.25, 0.3) is 0 Å². The fourth-order valence-electron chi connectivity index (χ4n) is 1.45. The average Bonchev–Trinajstić information content (AvgIpc) is 2.38. The van der Waals surface area contributed by atoms with E-state index in [0.29, 0.717) is 16.9 Å². The zero-order valence-corrected chi connectivity index (χ0v) is 10.8. The Bertz CT molecular complexity index is 632. The average molecular weight is 280 g/mol. The first-order valence-corrected chi connectivity index (χ1v) is 6.56. The van der Waals surface area contributed by atoms with Gasteiger partial charge in [0.1, 0.15) is 17.4 Å². The molecule has 1 aromatic heterocycles. The molecule has 0 fully saturated rings. The van der Waals surface area contributed by atoms with Crippen LogP contribution in [-0.4, -0.2) is 21.3 Å². The summed E-state index contributed by atoms with van der Waals surface area (Å²) in [6.45, 7) is 0. The second-order valence-corrected chi connectivity index (χ2v) is 4.40. The summed E-state index contributed by atoms with van der Waals surface area (Å²) in [7, 11) is 0. The summed E-state index contributed by atoms with van der Waals surface area (Å²) in [6.07, 6.45) is 4.67. The first-order valence-electron chi connectivity index (χ1n) is 5.33. The van der Waals surface area contributed by atoms with Crippen LogP contribution in [0.4, 0.5) is 8.78 Å². The van der Waals surface area contributed by atoms with Crippen molar-refractivity contribution in [1.29, 1.82) is 0 Å². The lowest BCUT2D eigenvalue weighted by molar-refractivity contribution is 0.503. The van der Waals surface area contributed by atoms with Crippen molar-refractivity contribution < 1.29 is 13.9 Å². The van der Waals surface area contributed by atoms with E-state index in [1.54, 1.807) is 12.3 Å². The van der Waals surface area contributed by atoms with Crippen molar-refractivity contribution >= 4 is 23.6 Å². The minimum absolute atomic E-state index is 0.0780. The minimum Gasteiger partial charge on any atom is -0.507 e. The SMILES string of the molecule is CSc1nccc(/C=C(/O)c2ccc(F)cc2F)n1. The molecule has 2 aromatic rings. The van der Waals surface area contributed by atoms with Gasteiger partial charge >= 0.3 is 0 Å². The van der Waals surface area contributed by atoms with Crippen LogP contribution >= 0.6 is 11.8 Å². The first-order chi connectivity index (χ1) is 9.10. The van der Waals surface area contributed by atoms with Gasteiger partial charge in [-0.1, -0.05) is 11.8 Å². The summed E-state index contributed by atoms with van der Waals surface area (Å²) in [6, 6.07) is 4.55. The van der Waals surface area contributed by atoms with Crippen molar-refractivity contribution in [3.63, 3.8) is 0 Å². The summed E-state index contributed by atoms with van der Waals surface area (Å²) in [5, 5.41) is 10.4. The summed E-state index contributed by atoms with van der Waals surface area (Å²) >= 11 is 1.35. The molecule has 0 saturated heterocycles. The van der Waals surface area contributed by atoms with Crippen LogP contribution in [0.1, 0.15) is 11.3 Å². The third-order valence-electron chi connectivity index (χ3n) is 2.33. The molecule has 1 N–H and O–H groups in total. The van der Waals surface area contributed by atoms with E-state index in [1.807, 2.05) is 6.26 Å². The minimum atomic E-state index is -0.826. The number of aromatic nitrogens is 2. The molecule has 0 atom stereocenters. The van der Waals surface area contributed by atoms with E-state index in [0.717, 1.165) is 6.07 Å². The molecule has 0 spiro atoms. The number of nitrogens with zero attached hydrogens (tertiary/aromatic N) is 2. The Kier molecular flexibility index (Phi) is 4.11. The summed E-state index contributed by atoms with van der Waals surface area (Å²) in [5.41, 5.74) is 0.367. The predicted molar refractivity (Wildman–Crippen MR) is 70.7 cm³/mol. The molecule has 0 aliphatic carbocycles. The fraction of sp³-hybridized carbons (Fsp3) is 0.0769. The second kappa shape index (κ2) is 5.79. The van der Waals surface area contributed by atoms with Gasteiger partial charge in [-0.3, -0.25) is 0 Å². The topological polar surface area (TPSA) is 46.0 Å². The van der Waals surface area contributed by atoms with Crippen LogP contribution in [0.3, 0.4) is 0 Å². The molecule has 0 amide bonds. The van der Waals surface area contributed by atoms with Gasteiger partial charge in [-0.05, 0) is 24.5 Å². The number of aliphatic hydroxyl groups is 1. The van der Waals surface area contributed by atoms with Gasteiger partial charge in [0.2, 0.25) is 0 Å². The molecule has 0 radical (unpaired) electrons. The lowest BCUT2D eigenvalue weighted by atomic mass is 10.1. The molecular formula is C13H10F2N2OS. The van der Waals surface area contributed by atoms with Crippen molar-refractivity contribution in [2.45, 2.75) is 5.16 Å². The standard InChI is InChI=1S/C13H10F2N2OS/c1-19-13-16-5-4-9(17-13)7-12(18)10-3-2-8(14)6-11(10)15/h2-7,18H,1H3/b12-7+. The largest absolute Gasteiger partial charge is 0.507 e. The highest BCUT2D eigenvalue weighted by atomic mass is 32.2. The molecule has 0 aliphatic heterocycles. The van der Waals surface area contributed by atoms with E-state index in [1.165, 1.54) is 23.9 Å². The number of aliphatic hydroxyl groups excluding tert-OH is 1. The van der Waals surface area contributed by atoms with E-state index in [-0.39, 0.29) is 11.3 Å². The van der Waals surface area contributed by atoms with Gasteiger partial charge in [0.15, 0.2) is 5.16 Å². The molecule has 6 heteroatoms. The Morgan fingerprint density at radius 1 is 1.32 bits per heavy atom. The third kappa shape index (κ3) is 3.29. The highest BCUT2D eigenvalue weighted by Gasteiger charge is 2.08. The molecule has 0 bridgehead atoms. The van der Waals surface area contributed by atoms with E-state index in [9.17, 15) is 13.9 Å². The van der Waals surface area contributed by atoms with Gasteiger partial charge < -0.3 is 5.11 Å². The van der Waals surface area contributed by atoms with E-state index in [2.05, 4.69) is 9.97 Å². The molecular weight excluding hydrogens is 270 g/mol. The Morgan fingerprint density at radius 2 is 2.11 bits per heavy atom. The quantitative estimate of drug-likeness (QED) is 0.531. The zero-order valence-electron chi connectivity index (χ0n) is 9.97. The Morgan fingerprint density at radius 3 is 2.79 bits per heavy atom. The van der Waals surface area contributed by atoms with Crippen molar-refractivity contribution in [2.75, 3.05) is 6.26 Å². The molecule has 0 aliphatic rings. The smallest absolute Gasteiger partial charge is 0.187 e. The molecule has 0 unspecified atom stereocenters. The Balaban J connectivity index is 2.36. The normalized spacial score (nSPS) is 11.6. The number of hydrogen-bond donors (Lipinski definition) is 1. The fourth-order valence-corrected chi connectivity index (χ4v) is 1.81. The van der Waals surface area contributed by atoms with E-state index in [4.69, 9.17) is 0 Å². The Hall–Kier alpha value is -1.95. The van der Waals surface area contributed by atoms with Crippen molar-refractivity contribution in [1.82, 2.24) is 9.97 Å². The van der Waals surface area contributed by atoms with Crippen molar-refractivity contribution in [3.05, 3.63) is 53.4 Å². The predicted octanol–water partition coefficient (Wildman–Crippen LogP) is 3.53. The van der Waals surface area contributed by atoms with Crippen LogP contribution < -0.4 is 0 Å². The summed E-state index contributed by atoms with van der Waals surface area (Å²) < 4.78 is 26.2. The maximum Gasteiger partial charge on any atom is 0.187 e. The van der Waals surface area contributed by atoms with Crippen LogP contribution in [0.5, 0.6) is 0 Å². The van der Waals surface area contributed by atoms with Gasteiger partial charge in [-0.15, -0.1) is 0 Å². The van der Waals surface area contributed by atoms with Gasteiger partial charge in [-0.2, -0.15) is 0 Å². The first kappa shape index (κ1) is 13.5. The Labute approximate surface area is 113 Å². The molecule has 2 rings (SSSR count). The van der Waals surface area contributed by atoms with Gasteiger partial charge in [0, 0.05) is 18.3 Å². The maximum atomic E-state index is 13.5. The van der Waals surface area contributed by atoms with Crippen LogP contribution in [0.15, 0.2) is 35.6 Å². The number of benzene rings is 1. The highest BCUT2D eigenvalue weighted by molar-refractivity contribution is 7.98. The molecule has 3 nitrogen and oxygen atoms in total. The van der Waals surface area contributed by atoms with Crippen molar-refractivity contribution in [3.8, 4) is 0 Å². The molecule has 19 heavy (non-hydrogen) atoms. The van der Waals surface area contributed by atoms with Crippen LogP contribution in [0.25, 0.3) is 11.8 Å². The van der Waals surface area contributed by atoms with E-state index >= 15 is 0 Å². The van der Waals surface area contributed by atoms with Crippen LogP contribution in [0.2, 0.25) is 0 Å². The van der Waals surface area contributed by atoms with Crippen molar-refractivity contribution in [2.24, 2.45) is 0 Å². The lowest BCUT2D eigenvalue weighted by Gasteiger charge is -2.03.